The van der Waals surface area contributed by atoms with E-state index in [4.69, 9.17) is 4.74 Å². The SMILES string of the molecule is CCNc1cncc(N(C)CC2CCCOC2)c1. The highest BCUT2D eigenvalue weighted by Gasteiger charge is 2.16. The average Bonchev–Trinajstić information content (AvgIpc) is 2.40. The monoisotopic (exact) mass is 249 g/mol. The summed E-state index contributed by atoms with van der Waals surface area (Å²) in [5.74, 6) is 0.645. The molecule has 1 aliphatic rings. The van der Waals surface area contributed by atoms with Crippen LogP contribution in [0.5, 0.6) is 0 Å². The number of ether oxygens (including phenoxy) is 1. The van der Waals surface area contributed by atoms with Crippen LogP contribution >= 0.6 is 0 Å². The van der Waals surface area contributed by atoms with Gasteiger partial charge in [0, 0.05) is 26.7 Å². The number of rotatable bonds is 5. The number of pyridine rings is 1. The van der Waals surface area contributed by atoms with Gasteiger partial charge in [0.05, 0.1) is 30.4 Å². The van der Waals surface area contributed by atoms with Crippen molar-refractivity contribution in [3.05, 3.63) is 18.5 Å². The van der Waals surface area contributed by atoms with Crippen LogP contribution < -0.4 is 10.2 Å². The summed E-state index contributed by atoms with van der Waals surface area (Å²) in [5, 5.41) is 3.29. The minimum Gasteiger partial charge on any atom is -0.384 e. The second-order valence-electron chi connectivity index (χ2n) is 4.93. The molecular weight excluding hydrogens is 226 g/mol. The fourth-order valence-electron chi connectivity index (χ4n) is 2.38. The van der Waals surface area contributed by atoms with E-state index >= 15 is 0 Å². The Kier molecular flexibility index (Phi) is 4.81. The average molecular weight is 249 g/mol. The van der Waals surface area contributed by atoms with Crippen LogP contribution in [0, 0.1) is 5.92 Å². The normalized spacial score (nSPS) is 19.6. The van der Waals surface area contributed by atoms with Crippen LogP contribution in [-0.2, 0) is 4.74 Å². The van der Waals surface area contributed by atoms with Gasteiger partial charge in [-0.05, 0) is 31.7 Å². The molecule has 0 amide bonds. The Balaban J connectivity index is 1.94. The van der Waals surface area contributed by atoms with Crippen molar-refractivity contribution in [3.8, 4) is 0 Å². The lowest BCUT2D eigenvalue weighted by molar-refractivity contribution is 0.0576. The Morgan fingerprint density at radius 1 is 1.50 bits per heavy atom. The van der Waals surface area contributed by atoms with Crippen LogP contribution in [0.25, 0.3) is 0 Å². The van der Waals surface area contributed by atoms with Gasteiger partial charge in [0.25, 0.3) is 0 Å². The maximum Gasteiger partial charge on any atom is 0.0570 e. The first-order valence-corrected chi connectivity index (χ1v) is 6.77. The Morgan fingerprint density at radius 2 is 2.39 bits per heavy atom. The van der Waals surface area contributed by atoms with Crippen molar-refractivity contribution < 1.29 is 4.74 Å². The van der Waals surface area contributed by atoms with E-state index in [-0.39, 0.29) is 0 Å². The van der Waals surface area contributed by atoms with Crippen molar-refractivity contribution in [1.82, 2.24) is 4.98 Å². The first kappa shape index (κ1) is 13.1. The molecular formula is C14H23N3O. The number of nitrogens with zero attached hydrogens (tertiary/aromatic N) is 2. The van der Waals surface area contributed by atoms with Gasteiger partial charge in [-0.3, -0.25) is 4.98 Å². The molecule has 2 rings (SSSR count). The number of aromatic nitrogens is 1. The van der Waals surface area contributed by atoms with Crippen LogP contribution in [0.3, 0.4) is 0 Å². The first-order chi connectivity index (χ1) is 8.79. The predicted molar refractivity (Wildman–Crippen MR) is 75.2 cm³/mol. The summed E-state index contributed by atoms with van der Waals surface area (Å²) in [6, 6.07) is 2.15. The Bertz CT molecular complexity index is 364. The number of nitrogens with one attached hydrogen (secondary N) is 1. The van der Waals surface area contributed by atoms with Crippen LogP contribution in [0.2, 0.25) is 0 Å². The third-order valence-electron chi connectivity index (χ3n) is 3.33. The van der Waals surface area contributed by atoms with Gasteiger partial charge in [0.15, 0.2) is 0 Å². The molecule has 1 saturated heterocycles. The van der Waals surface area contributed by atoms with Crippen molar-refractivity contribution in [2.75, 3.05) is 43.6 Å². The van der Waals surface area contributed by atoms with E-state index in [0.29, 0.717) is 5.92 Å². The summed E-state index contributed by atoms with van der Waals surface area (Å²) in [6.45, 7) is 5.88. The smallest absolute Gasteiger partial charge is 0.0570 e. The Hall–Kier alpha value is -1.29. The summed E-state index contributed by atoms with van der Waals surface area (Å²) < 4.78 is 5.53. The van der Waals surface area contributed by atoms with E-state index in [2.05, 4.69) is 35.2 Å². The number of hydrogen-bond donors (Lipinski definition) is 1. The standard InChI is InChI=1S/C14H23N3O/c1-3-16-13-7-14(9-15-8-13)17(2)10-12-5-4-6-18-11-12/h7-9,12,16H,3-6,10-11H2,1-2H3. The molecule has 4 heteroatoms. The minimum atomic E-state index is 0.645. The summed E-state index contributed by atoms with van der Waals surface area (Å²) in [7, 11) is 2.13. The van der Waals surface area contributed by atoms with Crippen molar-refractivity contribution in [3.63, 3.8) is 0 Å². The van der Waals surface area contributed by atoms with Crippen LogP contribution in [-0.4, -0.2) is 38.3 Å². The second-order valence-corrected chi connectivity index (χ2v) is 4.93. The van der Waals surface area contributed by atoms with Crippen molar-refractivity contribution in [2.45, 2.75) is 19.8 Å². The van der Waals surface area contributed by atoms with Gasteiger partial charge < -0.3 is 15.0 Å². The fraction of sp³-hybridized carbons (Fsp3) is 0.643. The van der Waals surface area contributed by atoms with Crippen molar-refractivity contribution in [2.24, 2.45) is 5.92 Å². The largest absolute Gasteiger partial charge is 0.384 e. The number of hydrogen-bond acceptors (Lipinski definition) is 4. The zero-order chi connectivity index (χ0) is 12.8. The zero-order valence-electron chi connectivity index (χ0n) is 11.4. The highest BCUT2D eigenvalue weighted by atomic mass is 16.5. The van der Waals surface area contributed by atoms with E-state index in [1.54, 1.807) is 0 Å². The van der Waals surface area contributed by atoms with Crippen LogP contribution in [0.15, 0.2) is 18.5 Å². The highest BCUT2D eigenvalue weighted by molar-refractivity contribution is 5.55. The zero-order valence-corrected chi connectivity index (χ0v) is 11.4. The third-order valence-corrected chi connectivity index (χ3v) is 3.33. The maximum atomic E-state index is 5.53. The molecule has 1 atom stereocenters. The summed E-state index contributed by atoms with van der Waals surface area (Å²) in [4.78, 5) is 6.55. The molecule has 0 aliphatic carbocycles. The lowest BCUT2D eigenvalue weighted by Gasteiger charge is -2.28. The van der Waals surface area contributed by atoms with Crippen molar-refractivity contribution in [1.29, 1.82) is 0 Å². The molecule has 0 radical (unpaired) electrons. The van der Waals surface area contributed by atoms with E-state index in [1.807, 2.05) is 12.4 Å². The van der Waals surface area contributed by atoms with Crippen molar-refractivity contribution >= 4 is 11.4 Å². The van der Waals surface area contributed by atoms with Gasteiger partial charge in [-0.1, -0.05) is 0 Å². The maximum absolute atomic E-state index is 5.53. The van der Waals surface area contributed by atoms with Gasteiger partial charge in [0.2, 0.25) is 0 Å². The van der Waals surface area contributed by atoms with Gasteiger partial charge in [-0.2, -0.15) is 0 Å². The van der Waals surface area contributed by atoms with E-state index < -0.39 is 0 Å². The van der Waals surface area contributed by atoms with Gasteiger partial charge >= 0.3 is 0 Å². The predicted octanol–water partition coefficient (Wildman–Crippen LogP) is 2.38. The molecule has 0 aromatic carbocycles. The summed E-state index contributed by atoms with van der Waals surface area (Å²) >= 11 is 0. The van der Waals surface area contributed by atoms with Gasteiger partial charge in [-0.15, -0.1) is 0 Å². The highest BCUT2D eigenvalue weighted by Crippen LogP contribution is 2.20. The number of anilines is 2. The molecule has 0 saturated carbocycles. The summed E-state index contributed by atoms with van der Waals surface area (Å²) in [6.07, 6.45) is 6.24. The minimum absolute atomic E-state index is 0.645. The quantitative estimate of drug-likeness (QED) is 0.869. The molecule has 0 spiro atoms. The molecule has 18 heavy (non-hydrogen) atoms. The molecule has 2 heterocycles. The van der Waals surface area contributed by atoms with E-state index in [1.165, 1.54) is 18.5 Å². The third kappa shape index (κ3) is 3.60. The van der Waals surface area contributed by atoms with Gasteiger partial charge in [0.1, 0.15) is 0 Å². The molecule has 1 N–H and O–H groups in total. The molecule has 1 aromatic heterocycles. The molecule has 4 nitrogen and oxygen atoms in total. The molecule has 0 bridgehead atoms. The van der Waals surface area contributed by atoms with Crippen LogP contribution in [0.4, 0.5) is 11.4 Å². The van der Waals surface area contributed by atoms with Crippen LogP contribution in [0.1, 0.15) is 19.8 Å². The fourth-order valence-corrected chi connectivity index (χ4v) is 2.38. The lowest BCUT2D eigenvalue weighted by Crippen LogP contribution is -2.30. The Labute approximate surface area is 109 Å². The van der Waals surface area contributed by atoms with Gasteiger partial charge in [-0.25, -0.2) is 0 Å². The molecule has 100 valence electrons. The first-order valence-electron chi connectivity index (χ1n) is 6.77. The summed E-state index contributed by atoms with van der Waals surface area (Å²) in [5.41, 5.74) is 2.25. The lowest BCUT2D eigenvalue weighted by atomic mass is 10.0. The van der Waals surface area contributed by atoms with E-state index in [9.17, 15) is 0 Å². The molecule has 1 aromatic rings. The van der Waals surface area contributed by atoms with E-state index in [0.717, 1.165) is 32.0 Å². The molecule has 1 unspecified atom stereocenters. The topological polar surface area (TPSA) is 37.4 Å². The molecule has 1 fully saturated rings. The Morgan fingerprint density at radius 3 is 3.11 bits per heavy atom. The molecule has 1 aliphatic heterocycles. The second kappa shape index (κ2) is 6.59.